The Morgan fingerprint density at radius 2 is 1.78 bits per heavy atom. The second kappa shape index (κ2) is 8.54. The number of halogens is 2. The van der Waals surface area contributed by atoms with Gasteiger partial charge in [0.1, 0.15) is 23.7 Å². The number of hydrogen-bond donors (Lipinski definition) is 2. The van der Waals surface area contributed by atoms with Gasteiger partial charge in [-0.3, -0.25) is 14.5 Å². The van der Waals surface area contributed by atoms with Gasteiger partial charge >= 0.3 is 0 Å². The Morgan fingerprint density at radius 1 is 1.13 bits per heavy atom. The Balaban J connectivity index is 1.71. The van der Waals surface area contributed by atoms with Crippen molar-refractivity contribution in [2.45, 2.75) is 6.42 Å². The third-order valence-electron chi connectivity index (χ3n) is 3.40. The van der Waals surface area contributed by atoms with Crippen LogP contribution >= 0.6 is 0 Å². The summed E-state index contributed by atoms with van der Waals surface area (Å²) in [4.78, 5) is 25.4. The van der Waals surface area contributed by atoms with E-state index in [1.165, 1.54) is 6.07 Å². The lowest BCUT2D eigenvalue weighted by atomic mass is 10.2. The summed E-state index contributed by atoms with van der Waals surface area (Å²) >= 11 is 0. The second-order valence-electron chi connectivity index (χ2n) is 5.13. The van der Waals surface area contributed by atoms with Gasteiger partial charge in [0.25, 0.3) is 0 Å². The van der Waals surface area contributed by atoms with Gasteiger partial charge in [-0.05, 0) is 12.1 Å². The van der Waals surface area contributed by atoms with Crippen molar-refractivity contribution < 1.29 is 23.1 Å². The average molecular weight is 327 g/mol. The molecule has 23 heavy (non-hydrogen) atoms. The molecule has 1 heterocycles. The van der Waals surface area contributed by atoms with Gasteiger partial charge < -0.3 is 15.4 Å². The fourth-order valence-electron chi connectivity index (χ4n) is 2.19. The average Bonchev–Trinajstić information content (AvgIpc) is 2.52. The number of carbonyl (C=O) groups is 2. The molecule has 1 aromatic carbocycles. The van der Waals surface area contributed by atoms with E-state index in [0.717, 1.165) is 25.2 Å². The molecule has 1 aliphatic rings. The highest BCUT2D eigenvalue weighted by Gasteiger charge is 2.15. The summed E-state index contributed by atoms with van der Waals surface area (Å²) in [6.45, 7) is 4.03. The van der Waals surface area contributed by atoms with Crippen LogP contribution in [0.15, 0.2) is 18.2 Å². The molecule has 1 aliphatic heterocycles. The minimum absolute atomic E-state index is 0.403. The molecule has 1 saturated heterocycles. The Labute approximate surface area is 132 Å². The Bertz CT molecular complexity index is 543. The molecule has 1 fully saturated rings. The summed E-state index contributed by atoms with van der Waals surface area (Å²) in [5, 5.41) is 4.68. The molecule has 0 aromatic heterocycles. The van der Waals surface area contributed by atoms with Gasteiger partial charge in [-0.25, -0.2) is 8.78 Å². The smallest absolute Gasteiger partial charge is 0.233 e. The van der Waals surface area contributed by atoms with E-state index in [0.29, 0.717) is 26.3 Å². The summed E-state index contributed by atoms with van der Waals surface area (Å²) in [7, 11) is 0. The van der Waals surface area contributed by atoms with E-state index < -0.39 is 35.6 Å². The largest absolute Gasteiger partial charge is 0.379 e. The zero-order valence-electron chi connectivity index (χ0n) is 12.6. The van der Waals surface area contributed by atoms with E-state index in [1.807, 2.05) is 0 Å². The second-order valence-corrected chi connectivity index (χ2v) is 5.13. The van der Waals surface area contributed by atoms with Gasteiger partial charge in [-0.1, -0.05) is 6.07 Å². The maximum Gasteiger partial charge on any atom is 0.233 e. The van der Waals surface area contributed by atoms with Gasteiger partial charge in [0.15, 0.2) is 0 Å². The SMILES string of the molecule is O=C(CC(=O)Nc1c(F)cccc1F)NCCN1CCOCC1. The fourth-order valence-corrected chi connectivity index (χ4v) is 2.19. The van der Waals surface area contributed by atoms with Gasteiger partial charge in [0, 0.05) is 26.2 Å². The highest BCUT2D eigenvalue weighted by molar-refractivity contribution is 6.03. The normalized spacial score (nSPS) is 15.2. The number of nitrogens with zero attached hydrogens (tertiary/aromatic N) is 1. The molecular formula is C15H19F2N3O3. The molecule has 2 amide bonds. The van der Waals surface area contributed by atoms with Crippen LogP contribution in [0.25, 0.3) is 0 Å². The Hall–Kier alpha value is -2.06. The van der Waals surface area contributed by atoms with Crippen molar-refractivity contribution in [1.82, 2.24) is 10.2 Å². The van der Waals surface area contributed by atoms with Crippen LogP contribution in [0, 0.1) is 11.6 Å². The summed E-state index contributed by atoms with van der Waals surface area (Å²) < 4.78 is 32.0. The van der Waals surface area contributed by atoms with Crippen molar-refractivity contribution in [3.63, 3.8) is 0 Å². The summed E-state index contributed by atoms with van der Waals surface area (Å²) in [6, 6.07) is 3.25. The molecule has 2 N–H and O–H groups in total. The molecule has 0 radical (unpaired) electrons. The van der Waals surface area contributed by atoms with E-state index in [-0.39, 0.29) is 0 Å². The van der Waals surface area contributed by atoms with E-state index in [9.17, 15) is 18.4 Å². The van der Waals surface area contributed by atoms with Crippen LogP contribution in [0.1, 0.15) is 6.42 Å². The van der Waals surface area contributed by atoms with Gasteiger partial charge in [-0.15, -0.1) is 0 Å². The van der Waals surface area contributed by atoms with E-state index in [4.69, 9.17) is 4.74 Å². The molecule has 0 atom stereocenters. The lowest BCUT2D eigenvalue weighted by Crippen LogP contribution is -2.41. The molecule has 0 aliphatic carbocycles. The zero-order valence-corrected chi connectivity index (χ0v) is 12.6. The minimum atomic E-state index is -0.883. The zero-order chi connectivity index (χ0) is 16.7. The number of rotatable bonds is 6. The van der Waals surface area contributed by atoms with Crippen LogP contribution in [0.2, 0.25) is 0 Å². The minimum Gasteiger partial charge on any atom is -0.379 e. The molecule has 0 saturated carbocycles. The number of carbonyl (C=O) groups excluding carboxylic acids is 2. The number of morpholine rings is 1. The van der Waals surface area contributed by atoms with Crippen molar-refractivity contribution >= 4 is 17.5 Å². The van der Waals surface area contributed by atoms with Crippen LogP contribution in [0.3, 0.4) is 0 Å². The number of para-hydroxylation sites is 1. The molecule has 1 aromatic rings. The third-order valence-corrected chi connectivity index (χ3v) is 3.40. The summed E-state index contributed by atoms with van der Waals surface area (Å²) in [5.41, 5.74) is -0.543. The van der Waals surface area contributed by atoms with Crippen LogP contribution in [-0.4, -0.2) is 56.1 Å². The molecule has 0 spiro atoms. The predicted molar refractivity (Wildman–Crippen MR) is 79.9 cm³/mol. The summed E-state index contributed by atoms with van der Waals surface area (Å²) in [6.07, 6.45) is -0.489. The van der Waals surface area contributed by atoms with Gasteiger partial charge in [-0.2, -0.15) is 0 Å². The fraction of sp³-hybridized carbons (Fsp3) is 0.467. The van der Waals surface area contributed by atoms with Crippen molar-refractivity contribution in [2.24, 2.45) is 0 Å². The van der Waals surface area contributed by atoms with Gasteiger partial charge in [0.05, 0.1) is 13.2 Å². The predicted octanol–water partition coefficient (Wildman–Crippen LogP) is 0.742. The highest BCUT2D eigenvalue weighted by Crippen LogP contribution is 2.17. The van der Waals surface area contributed by atoms with Gasteiger partial charge in [0.2, 0.25) is 11.8 Å². The number of amides is 2. The first-order valence-electron chi connectivity index (χ1n) is 7.37. The third kappa shape index (κ3) is 5.57. The first-order chi connectivity index (χ1) is 11.1. The molecule has 0 bridgehead atoms. The van der Waals surface area contributed by atoms with E-state index in [2.05, 4.69) is 15.5 Å². The molecule has 126 valence electrons. The summed E-state index contributed by atoms with van der Waals surface area (Å²) in [5.74, 6) is -3.03. The quantitative estimate of drug-likeness (QED) is 0.756. The monoisotopic (exact) mass is 327 g/mol. The van der Waals surface area contributed by atoms with Crippen LogP contribution in [0.5, 0.6) is 0 Å². The van der Waals surface area contributed by atoms with E-state index >= 15 is 0 Å². The number of anilines is 1. The van der Waals surface area contributed by atoms with Crippen molar-refractivity contribution in [1.29, 1.82) is 0 Å². The highest BCUT2D eigenvalue weighted by atomic mass is 19.1. The lowest BCUT2D eigenvalue weighted by Gasteiger charge is -2.26. The van der Waals surface area contributed by atoms with Crippen molar-refractivity contribution in [3.8, 4) is 0 Å². The first-order valence-corrected chi connectivity index (χ1v) is 7.37. The van der Waals surface area contributed by atoms with E-state index in [1.54, 1.807) is 0 Å². The standard InChI is InChI=1S/C15H19F2N3O3/c16-11-2-1-3-12(17)15(11)19-14(22)10-13(21)18-4-5-20-6-8-23-9-7-20/h1-3H,4-10H2,(H,18,21)(H,19,22). The number of ether oxygens (including phenoxy) is 1. The molecule has 0 unspecified atom stereocenters. The molecule has 8 heteroatoms. The Morgan fingerprint density at radius 3 is 2.43 bits per heavy atom. The topological polar surface area (TPSA) is 70.7 Å². The van der Waals surface area contributed by atoms with Crippen LogP contribution in [0.4, 0.5) is 14.5 Å². The lowest BCUT2D eigenvalue weighted by molar-refractivity contribution is -0.126. The molecule has 2 rings (SSSR count). The molecular weight excluding hydrogens is 308 g/mol. The van der Waals surface area contributed by atoms with Crippen molar-refractivity contribution in [3.05, 3.63) is 29.8 Å². The number of nitrogens with one attached hydrogen (secondary N) is 2. The first kappa shape index (κ1) is 17.3. The molecule has 6 nitrogen and oxygen atoms in total. The maximum absolute atomic E-state index is 13.4. The number of hydrogen-bond acceptors (Lipinski definition) is 4. The van der Waals surface area contributed by atoms with Crippen molar-refractivity contribution in [2.75, 3.05) is 44.7 Å². The Kier molecular flexibility index (Phi) is 6.42. The maximum atomic E-state index is 13.4. The van der Waals surface area contributed by atoms with Crippen LogP contribution in [-0.2, 0) is 14.3 Å². The number of benzene rings is 1. The van der Waals surface area contributed by atoms with Crippen LogP contribution < -0.4 is 10.6 Å².